The number of fused-ring (bicyclic) bond motifs is 3. The van der Waals surface area contributed by atoms with Gasteiger partial charge in [0.05, 0.1) is 37.0 Å². The van der Waals surface area contributed by atoms with Gasteiger partial charge in [0.25, 0.3) is 0 Å². The third kappa shape index (κ3) is 8.78. The molecular formula is C52H57N7O6. The molecule has 1 saturated heterocycles. The summed E-state index contributed by atoms with van der Waals surface area (Å²) in [4.78, 5) is 69.7. The average Bonchev–Trinajstić information content (AvgIpc) is 3.60. The zero-order valence-electron chi connectivity index (χ0n) is 37.9. The molecular weight excluding hydrogens is 819 g/mol. The van der Waals surface area contributed by atoms with Crippen molar-refractivity contribution in [2.75, 3.05) is 20.8 Å². The Morgan fingerprint density at radius 1 is 0.846 bits per heavy atom. The van der Waals surface area contributed by atoms with Gasteiger partial charge in [0.1, 0.15) is 23.9 Å². The number of carbonyl (C=O) groups excluding carboxylic acids is 4. The second-order valence-electron chi connectivity index (χ2n) is 18.8. The monoisotopic (exact) mass is 875 g/mol. The molecule has 1 spiro atoms. The van der Waals surface area contributed by atoms with Gasteiger partial charge in [-0.25, -0.2) is 14.6 Å². The molecule has 65 heavy (non-hydrogen) atoms. The summed E-state index contributed by atoms with van der Waals surface area (Å²) in [6, 6.07) is 21.3. The lowest BCUT2D eigenvalue weighted by molar-refractivity contribution is -0.137. The number of benzene rings is 3. The fourth-order valence-corrected chi connectivity index (χ4v) is 10.1. The molecule has 2 saturated carbocycles. The van der Waals surface area contributed by atoms with Crippen molar-refractivity contribution in [2.45, 2.75) is 103 Å². The predicted molar refractivity (Wildman–Crippen MR) is 250 cm³/mol. The first-order valence-corrected chi connectivity index (χ1v) is 22.8. The van der Waals surface area contributed by atoms with E-state index in [1.807, 2.05) is 49.8 Å². The quantitative estimate of drug-likeness (QED) is 0.101. The standard InChI is InChI=1S/C52H57N7O6/c1-30(2)25-43(56-50(62)64-5)48(60)59-39-18-15-37(26-39)46(59)47-54-40-19-16-36(27-42(40)55-47)34-11-7-32(8-12-34)33-9-13-35(14-10-33)38-17-20-41(53-28-38)44-21-22-52(23-24-52)29-58(44)49(61)45(31(3)4)57-51(63)65-6/h7-14,16,19,25,27-28,31,37,39,43-46H,15,17-18,20,23-24,26,29H2,1-6H3,(H,54,55)(H,56,62)(H,57,63). The molecule has 3 N–H and O–H groups in total. The van der Waals surface area contributed by atoms with Crippen LogP contribution >= 0.6 is 0 Å². The first-order chi connectivity index (χ1) is 31.3. The zero-order chi connectivity index (χ0) is 45.6. The SMILES string of the molecule is COC(=O)NC(C=C(C)C)C(=O)N1C2CCC(C2)C1c1nc2ccc(-c3ccc(-c4ccc(C5=CN=C(C6C#CC7(CC7)CN6C(=O)C(NC(=O)OC)C(C)C)CC5)cc4)cc3)cc2[nH]1. The van der Waals surface area contributed by atoms with Crippen LogP contribution in [0.15, 0.2) is 89.6 Å². The highest BCUT2D eigenvalue weighted by Gasteiger charge is 2.51. The number of H-pyrrole nitrogens is 1. The normalized spacial score (nSPS) is 22.3. The lowest BCUT2D eigenvalue weighted by Gasteiger charge is -2.38. The predicted octanol–water partition coefficient (Wildman–Crippen LogP) is 8.59. The van der Waals surface area contributed by atoms with Crippen LogP contribution in [-0.2, 0) is 19.1 Å². The van der Waals surface area contributed by atoms with E-state index in [1.54, 1.807) is 6.08 Å². The van der Waals surface area contributed by atoms with Crippen LogP contribution in [-0.4, -0.2) is 94.4 Å². The maximum atomic E-state index is 14.1. The van der Waals surface area contributed by atoms with Crippen molar-refractivity contribution >= 4 is 46.3 Å². The Hall–Kier alpha value is -6.68. The van der Waals surface area contributed by atoms with Crippen LogP contribution in [0.1, 0.15) is 90.1 Å². The Balaban J connectivity index is 0.883. The number of alkyl carbamates (subject to hydrolysis) is 2. The van der Waals surface area contributed by atoms with E-state index in [2.05, 4.69) is 88.1 Å². The van der Waals surface area contributed by atoms with Gasteiger partial charge in [-0.15, -0.1) is 0 Å². The summed E-state index contributed by atoms with van der Waals surface area (Å²) >= 11 is 0. The van der Waals surface area contributed by atoms with E-state index in [0.717, 1.165) is 100 Å². The number of imidazole rings is 1. The molecule has 13 nitrogen and oxygen atoms in total. The second kappa shape index (κ2) is 17.7. The highest BCUT2D eigenvalue weighted by molar-refractivity contribution is 6.00. The summed E-state index contributed by atoms with van der Waals surface area (Å²) in [5.41, 5.74) is 9.98. The second-order valence-corrected chi connectivity index (χ2v) is 18.8. The minimum atomic E-state index is -0.821. The number of rotatable bonds is 11. The Kier molecular flexibility index (Phi) is 11.9. The number of ether oxygens (including phenoxy) is 2. The van der Waals surface area contributed by atoms with Crippen molar-refractivity contribution in [3.63, 3.8) is 0 Å². The van der Waals surface area contributed by atoms with Gasteiger partial charge >= 0.3 is 12.2 Å². The van der Waals surface area contributed by atoms with E-state index in [1.165, 1.54) is 14.2 Å². The Bertz CT molecular complexity index is 2680. The van der Waals surface area contributed by atoms with E-state index < -0.39 is 30.3 Å². The number of aromatic amines is 1. The van der Waals surface area contributed by atoms with Gasteiger partial charge in [-0.1, -0.05) is 91.9 Å². The molecule has 336 valence electrons. The van der Waals surface area contributed by atoms with Crippen LogP contribution in [0.25, 0.3) is 38.9 Å². The number of carbonyl (C=O) groups is 4. The summed E-state index contributed by atoms with van der Waals surface area (Å²) in [7, 11) is 2.60. The van der Waals surface area contributed by atoms with Gasteiger partial charge in [0.15, 0.2) is 0 Å². The van der Waals surface area contributed by atoms with Gasteiger partial charge in [0.2, 0.25) is 11.8 Å². The number of nitrogens with one attached hydrogen (secondary N) is 3. The minimum Gasteiger partial charge on any atom is -0.453 e. The largest absolute Gasteiger partial charge is 0.453 e. The van der Waals surface area contributed by atoms with Crippen molar-refractivity contribution in [3.05, 3.63) is 96.0 Å². The van der Waals surface area contributed by atoms with Crippen molar-refractivity contribution in [3.8, 4) is 34.1 Å². The van der Waals surface area contributed by atoms with Crippen molar-refractivity contribution < 1.29 is 28.7 Å². The maximum absolute atomic E-state index is 14.1. The van der Waals surface area contributed by atoms with E-state index in [-0.39, 0.29) is 35.2 Å². The third-order valence-corrected chi connectivity index (χ3v) is 13.8. The van der Waals surface area contributed by atoms with Gasteiger partial charge in [-0.3, -0.25) is 14.6 Å². The van der Waals surface area contributed by atoms with E-state index in [4.69, 9.17) is 19.5 Å². The first kappa shape index (κ1) is 43.6. The molecule has 3 aliphatic heterocycles. The lowest BCUT2D eigenvalue weighted by atomic mass is 9.90. The number of allylic oxidation sites excluding steroid dienone is 2. The van der Waals surface area contributed by atoms with E-state index in [0.29, 0.717) is 18.9 Å². The Labute approximate surface area is 380 Å². The summed E-state index contributed by atoms with van der Waals surface area (Å²) in [6.07, 6.45) is 8.72. The molecule has 9 rings (SSSR count). The number of amides is 4. The van der Waals surface area contributed by atoms with Crippen LogP contribution in [0.2, 0.25) is 0 Å². The highest BCUT2D eigenvalue weighted by atomic mass is 16.5. The number of methoxy groups -OCH3 is 2. The summed E-state index contributed by atoms with van der Waals surface area (Å²) in [5, 5.41) is 5.47. The summed E-state index contributed by atoms with van der Waals surface area (Å²) < 4.78 is 9.67. The van der Waals surface area contributed by atoms with Crippen LogP contribution in [0, 0.1) is 29.1 Å². The molecule has 6 unspecified atom stereocenters. The number of likely N-dealkylation sites (tertiary alicyclic amines) is 1. The molecule has 4 heterocycles. The molecule has 2 aliphatic carbocycles. The molecule has 1 aromatic heterocycles. The number of hydrogen-bond acceptors (Lipinski definition) is 8. The molecule has 3 fully saturated rings. The fourth-order valence-electron chi connectivity index (χ4n) is 10.1. The summed E-state index contributed by atoms with van der Waals surface area (Å²) in [6.45, 7) is 8.19. The molecule has 3 aromatic carbocycles. The van der Waals surface area contributed by atoms with Gasteiger partial charge in [-0.2, -0.15) is 0 Å². The van der Waals surface area contributed by atoms with Crippen LogP contribution < -0.4 is 10.6 Å². The van der Waals surface area contributed by atoms with Gasteiger partial charge in [0, 0.05) is 24.2 Å². The molecule has 2 bridgehead atoms. The fraction of sp³-hybridized carbons (Fsp3) is 0.423. The average molecular weight is 876 g/mol. The number of piperidine rings is 1. The Morgan fingerprint density at radius 3 is 2.11 bits per heavy atom. The lowest BCUT2D eigenvalue weighted by Crippen LogP contribution is -2.57. The smallest absolute Gasteiger partial charge is 0.407 e. The molecule has 13 heteroatoms. The molecule has 6 atom stereocenters. The molecule has 0 radical (unpaired) electrons. The molecule has 4 amide bonds. The number of aromatic nitrogens is 2. The van der Waals surface area contributed by atoms with E-state index >= 15 is 0 Å². The number of aliphatic imine (C=N–C) groups is 1. The van der Waals surface area contributed by atoms with Crippen LogP contribution in [0.5, 0.6) is 0 Å². The minimum absolute atomic E-state index is 0.0992. The maximum Gasteiger partial charge on any atom is 0.407 e. The third-order valence-electron chi connectivity index (χ3n) is 13.8. The van der Waals surface area contributed by atoms with Gasteiger partial charge < -0.3 is 34.9 Å². The molecule has 4 aromatic rings. The zero-order valence-corrected chi connectivity index (χ0v) is 37.9. The van der Waals surface area contributed by atoms with Crippen LogP contribution in [0.3, 0.4) is 0 Å². The number of nitrogens with zero attached hydrogens (tertiary/aromatic N) is 4. The van der Waals surface area contributed by atoms with Crippen molar-refractivity contribution in [1.29, 1.82) is 0 Å². The first-order valence-electron chi connectivity index (χ1n) is 22.8. The highest BCUT2D eigenvalue weighted by Crippen LogP contribution is 2.50. The summed E-state index contributed by atoms with van der Waals surface area (Å²) in [5.74, 6) is 7.48. The van der Waals surface area contributed by atoms with Crippen LogP contribution in [0.4, 0.5) is 9.59 Å². The number of hydrogen-bond donors (Lipinski definition) is 3. The topological polar surface area (TPSA) is 158 Å². The molecule has 5 aliphatic rings. The van der Waals surface area contributed by atoms with Crippen molar-refractivity contribution in [1.82, 2.24) is 30.4 Å². The van der Waals surface area contributed by atoms with E-state index in [9.17, 15) is 19.2 Å². The van der Waals surface area contributed by atoms with Crippen molar-refractivity contribution in [2.24, 2.45) is 22.2 Å². The van der Waals surface area contributed by atoms with Gasteiger partial charge in [-0.05, 0) is 116 Å². The Morgan fingerprint density at radius 2 is 1.49 bits per heavy atom.